The molecule has 1 aliphatic heterocycles. The molecule has 30 heavy (non-hydrogen) atoms. The van der Waals surface area contributed by atoms with Gasteiger partial charge in [-0.2, -0.15) is 13.2 Å². The molecule has 2 aromatic carbocycles. The van der Waals surface area contributed by atoms with Gasteiger partial charge in [-0.25, -0.2) is 9.97 Å². The van der Waals surface area contributed by atoms with E-state index in [0.717, 1.165) is 12.1 Å². The largest absolute Gasteiger partial charge is 0.491 e. The highest BCUT2D eigenvalue weighted by atomic mass is 19.4. The number of amides is 1. The summed E-state index contributed by atoms with van der Waals surface area (Å²) in [6.45, 7) is 2.56. The van der Waals surface area contributed by atoms with Gasteiger partial charge in [0.25, 0.3) is 5.91 Å². The molecule has 2 heterocycles. The van der Waals surface area contributed by atoms with Crippen molar-refractivity contribution in [3.63, 3.8) is 0 Å². The van der Waals surface area contributed by atoms with Crippen LogP contribution in [0, 0.1) is 6.92 Å². The topological polar surface area (TPSA) is 55.3 Å². The number of carbonyl (C=O) groups excluding carboxylic acids is 1. The number of hydrogen-bond acceptors (Lipinski definition) is 4. The number of benzene rings is 2. The van der Waals surface area contributed by atoms with E-state index in [9.17, 15) is 18.0 Å². The Bertz CT molecular complexity index is 1080. The van der Waals surface area contributed by atoms with Crippen molar-refractivity contribution in [2.24, 2.45) is 0 Å². The molecule has 1 aromatic heterocycles. The summed E-state index contributed by atoms with van der Waals surface area (Å²) in [5.74, 6) is 0.732. The predicted molar refractivity (Wildman–Crippen MR) is 104 cm³/mol. The molecule has 0 saturated carbocycles. The molecule has 0 bridgehead atoms. The summed E-state index contributed by atoms with van der Waals surface area (Å²) in [5, 5.41) is 0. The van der Waals surface area contributed by atoms with Crippen molar-refractivity contribution < 1.29 is 22.7 Å². The molecule has 4 rings (SSSR count). The Morgan fingerprint density at radius 1 is 1.07 bits per heavy atom. The third kappa shape index (κ3) is 3.98. The molecular weight excluding hydrogens is 395 g/mol. The minimum Gasteiger partial charge on any atom is -0.491 e. The first-order valence-corrected chi connectivity index (χ1v) is 9.33. The van der Waals surface area contributed by atoms with Gasteiger partial charge in [-0.05, 0) is 53.9 Å². The molecule has 8 heteroatoms. The van der Waals surface area contributed by atoms with E-state index in [2.05, 4.69) is 9.97 Å². The molecule has 0 spiro atoms. The first-order valence-electron chi connectivity index (χ1n) is 9.33. The summed E-state index contributed by atoms with van der Waals surface area (Å²) in [4.78, 5) is 23.1. The lowest BCUT2D eigenvalue weighted by atomic mass is 9.96. The van der Waals surface area contributed by atoms with Gasteiger partial charge in [-0.3, -0.25) is 4.79 Å². The Labute approximate surface area is 171 Å². The SMILES string of the molecule is Cc1cc(C(F)(F)F)ccc1-c1ccc2c(c1)C(=O)N(Cc1ncccn1)CCO2. The molecule has 0 fully saturated rings. The van der Waals surface area contributed by atoms with Gasteiger partial charge in [0.1, 0.15) is 18.2 Å². The molecule has 0 atom stereocenters. The van der Waals surface area contributed by atoms with Crippen molar-refractivity contribution in [3.8, 4) is 16.9 Å². The van der Waals surface area contributed by atoms with Gasteiger partial charge < -0.3 is 9.64 Å². The molecule has 0 unspecified atom stereocenters. The third-order valence-corrected chi connectivity index (χ3v) is 4.93. The molecule has 1 aliphatic rings. The van der Waals surface area contributed by atoms with Crippen molar-refractivity contribution in [1.29, 1.82) is 0 Å². The van der Waals surface area contributed by atoms with Gasteiger partial charge in [-0.1, -0.05) is 12.1 Å². The second-order valence-corrected chi connectivity index (χ2v) is 6.98. The van der Waals surface area contributed by atoms with Gasteiger partial charge >= 0.3 is 6.18 Å². The van der Waals surface area contributed by atoms with Crippen molar-refractivity contribution in [3.05, 3.63) is 77.4 Å². The molecular formula is C22H18F3N3O2. The highest BCUT2D eigenvalue weighted by molar-refractivity contribution is 5.98. The molecule has 154 valence electrons. The lowest BCUT2D eigenvalue weighted by Gasteiger charge is -2.19. The standard InChI is InChI=1S/C22H18F3N3O2/c1-14-11-16(22(23,24)25)4-5-17(14)15-3-6-19-18(12-15)21(29)28(9-10-30-19)13-20-26-7-2-8-27-20/h2-8,11-12H,9-10,13H2,1H3. The summed E-state index contributed by atoms with van der Waals surface area (Å²) < 4.78 is 44.6. The number of fused-ring (bicyclic) bond motifs is 1. The number of rotatable bonds is 3. The summed E-state index contributed by atoms with van der Waals surface area (Å²) >= 11 is 0. The smallest absolute Gasteiger partial charge is 0.416 e. The maximum absolute atomic E-state index is 13.1. The normalized spacial score (nSPS) is 14.1. The van der Waals surface area contributed by atoms with Crippen molar-refractivity contribution >= 4 is 5.91 Å². The summed E-state index contributed by atoms with van der Waals surface area (Å²) in [7, 11) is 0. The van der Waals surface area contributed by atoms with Gasteiger partial charge in [-0.15, -0.1) is 0 Å². The number of nitrogens with zero attached hydrogens (tertiary/aromatic N) is 3. The Kier molecular flexibility index (Phi) is 5.15. The highest BCUT2D eigenvalue weighted by Gasteiger charge is 2.31. The first-order chi connectivity index (χ1) is 14.3. The molecule has 0 radical (unpaired) electrons. The fourth-order valence-electron chi connectivity index (χ4n) is 3.43. The van der Waals surface area contributed by atoms with Crippen LogP contribution in [0.4, 0.5) is 13.2 Å². The maximum Gasteiger partial charge on any atom is 0.416 e. The fourth-order valence-corrected chi connectivity index (χ4v) is 3.43. The first kappa shape index (κ1) is 19.9. The van der Waals surface area contributed by atoms with Crippen LogP contribution >= 0.6 is 0 Å². The average Bonchev–Trinajstić information content (AvgIpc) is 2.87. The van der Waals surface area contributed by atoms with E-state index in [1.807, 2.05) is 0 Å². The van der Waals surface area contributed by atoms with E-state index in [0.29, 0.717) is 47.0 Å². The van der Waals surface area contributed by atoms with Gasteiger partial charge in [0.15, 0.2) is 0 Å². The van der Waals surface area contributed by atoms with Crippen LogP contribution in [0.25, 0.3) is 11.1 Å². The van der Waals surface area contributed by atoms with Crippen LogP contribution in [-0.4, -0.2) is 33.9 Å². The van der Waals surface area contributed by atoms with E-state index in [4.69, 9.17) is 4.74 Å². The molecule has 0 aliphatic carbocycles. The molecule has 1 amide bonds. The lowest BCUT2D eigenvalue weighted by molar-refractivity contribution is -0.137. The highest BCUT2D eigenvalue weighted by Crippen LogP contribution is 2.35. The third-order valence-electron chi connectivity index (χ3n) is 4.93. The van der Waals surface area contributed by atoms with Gasteiger partial charge in [0.2, 0.25) is 0 Å². The Balaban J connectivity index is 1.67. The number of ether oxygens (including phenoxy) is 1. The molecule has 0 N–H and O–H groups in total. The number of halogens is 3. The molecule has 3 aromatic rings. The number of aryl methyl sites for hydroxylation is 1. The van der Waals surface area contributed by atoms with E-state index < -0.39 is 11.7 Å². The lowest BCUT2D eigenvalue weighted by Crippen LogP contribution is -2.32. The van der Waals surface area contributed by atoms with Crippen molar-refractivity contribution in [1.82, 2.24) is 14.9 Å². The van der Waals surface area contributed by atoms with E-state index >= 15 is 0 Å². The Hall–Kier alpha value is -3.42. The Morgan fingerprint density at radius 3 is 2.53 bits per heavy atom. The van der Waals surface area contributed by atoms with E-state index in [-0.39, 0.29) is 12.5 Å². The van der Waals surface area contributed by atoms with Crippen molar-refractivity contribution in [2.45, 2.75) is 19.6 Å². The van der Waals surface area contributed by atoms with Crippen LogP contribution < -0.4 is 4.74 Å². The Morgan fingerprint density at radius 2 is 1.83 bits per heavy atom. The fraction of sp³-hybridized carbons (Fsp3) is 0.227. The zero-order chi connectivity index (χ0) is 21.3. The second kappa shape index (κ2) is 7.78. The number of hydrogen-bond donors (Lipinski definition) is 0. The van der Waals surface area contributed by atoms with E-state index in [1.165, 1.54) is 6.07 Å². The molecule has 5 nitrogen and oxygen atoms in total. The summed E-state index contributed by atoms with van der Waals surface area (Å²) in [6.07, 6.45) is -1.18. The van der Waals surface area contributed by atoms with Crippen LogP contribution in [0.15, 0.2) is 54.9 Å². The van der Waals surface area contributed by atoms with Crippen LogP contribution in [0.1, 0.15) is 27.3 Å². The summed E-state index contributed by atoms with van der Waals surface area (Å²) in [5.41, 5.74) is 1.41. The van der Waals surface area contributed by atoms with Gasteiger partial charge in [0, 0.05) is 12.4 Å². The monoisotopic (exact) mass is 413 g/mol. The van der Waals surface area contributed by atoms with Crippen LogP contribution in [-0.2, 0) is 12.7 Å². The van der Waals surface area contributed by atoms with Crippen LogP contribution in [0.5, 0.6) is 5.75 Å². The number of alkyl halides is 3. The molecule has 0 saturated heterocycles. The van der Waals surface area contributed by atoms with Gasteiger partial charge in [0.05, 0.1) is 24.2 Å². The number of carbonyl (C=O) groups is 1. The van der Waals surface area contributed by atoms with E-state index in [1.54, 1.807) is 48.5 Å². The van der Waals surface area contributed by atoms with Crippen molar-refractivity contribution in [2.75, 3.05) is 13.2 Å². The minimum atomic E-state index is -4.40. The zero-order valence-electron chi connectivity index (χ0n) is 16.1. The zero-order valence-corrected chi connectivity index (χ0v) is 16.1. The predicted octanol–water partition coefficient (Wildman–Crippen LogP) is 4.51. The maximum atomic E-state index is 13.1. The minimum absolute atomic E-state index is 0.235. The quantitative estimate of drug-likeness (QED) is 0.634. The second-order valence-electron chi connectivity index (χ2n) is 6.98. The van der Waals surface area contributed by atoms with Crippen LogP contribution in [0.3, 0.4) is 0 Å². The van der Waals surface area contributed by atoms with Crippen LogP contribution in [0.2, 0.25) is 0 Å². The number of aromatic nitrogens is 2. The average molecular weight is 413 g/mol. The summed E-state index contributed by atoms with van der Waals surface area (Å²) in [6, 6.07) is 10.4.